The Kier molecular flexibility index (Phi) is 3.75. The molecule has 6 heteroatoms. The van der Waals surface area contributed by atoms with Crippen molar-refractivity contribution in [2.45, 2.75) is 19.5 Å². The van der Waals surface area contributed by atoms with Crippen molar-refractivity contribution in [2.24, 2.45) is 0 Å². The molecule has 0 N–H and O–H groups in total. The summed E-state index contributed by atoms with van der Waals surface area (Å²) in [5.74, 6) is 0. The smallest absolute Gasteiger partial charge is 0.166 e. The second-order valence-corrected chi connectivity index (χ2v) is 4.36. The molecule has 0 saturated carbocycles. The molecule has 0 unspecified atom stereocenters. The molecule has 1 aromatic heterocycles. The molecule has 0 radical (unpaired) electrons. The van der Waals surface area contributed by atoms with E-state index in [9.17, 15) is 13.2 Å². The molecule has 0 saturated heterocycles. The Morgan fingerprint density at radius 1 is 1.11 bits per heavy atom. The van der Waals surface area contributed by atoms with Crippen LogP contribution in [0.4, 0.5) is 13.2 Å². The van der Waals surface area contributed by atoms with E-state index in [0.717, 1.165) is 24.2 Å². The molecule has 0 aliphatic rings. The Bertz CT molecular complexity index is 579. The second-order valence-electron chi connectivity index (χ2n) is 3.96. The van der Waals surface area contributed by atoms with E-state index in [1.54, 1.807) is 12.1 Å². The largest absolute Gasteiger partial charge is 0.416 e. The third kappa shape index (κ3) is 3.04. The van der Waals surface area contributed by atoms with Crippen LogP contribution in [0.1, 0.15) is 18.2 Å². The molecule has 0 bridgehead atoms. The molecule has 2 rings (SSSR count). The highest BCUT2D eigenvalue weighted by atomic mass is 35.5. The SMILES string of the molecule is CCc1ccc(-c2ccc(C(F)(F)F)cc2Cl)nn1. The molecule has 1 heterocycles. The van der Waals surface area contributed by atoms with Crippen molar-refractivity contribution in [1.82, 2.24) is 10.2 Å². The summed E-state index contributed by atoms with van der Waals surface area (Å²) >= 11 is 5.88. The number of nitrogens with zero attached hydrogens (tertiary/aromatic N) is 2. The van der Waals surface area contributed by atoms with Gasteiger partial charge in [-0.2, -0.15) is 23.4 Å². The van der Waals surface area contributed by atoms with Crippen LogP contribution in [0, 0.1) is 0 Å². The lowest BCUT2D eigenvalue weighted by Crippen LogP contribution is -2.04. The van der Waals surface area contributed by atoms with Crippen LogP contribution in [0.3, 0.4) is 0 Å². The number of rotatable bonds is 2. The summed E-state index contributed by atoms with van der Waals surface area (Å²) in [6.07, 6.45) is -3.66. The van der Waals surface area contributed by atoms with Gasteiger partial charge in [-0.15, -0.1) is 0 Å². The molecule has 19 heavy (non-hydrogen) atoms. The van der Waals surface area contributed by atoms with Crippen LogP contribution in [-0.2, 0) is 12.6 Å². The molecule has 0 fully saturated rings. The third-order valence-corrected chi connectivity index (χ3v) is 2.97. The van der Waals surface area contributed by atoms with Gasteiger partial charge in [-0.25, -0.2) is 0 Å². The number of alkyl halides is 3. The van der Waals surface area contributed by atoms with Crippen molar-refractivity contribution in [1.29, 1.82) is 0 Å². The van der Waals surface area contributed by atoms with Crippen LogP contribution in [-0.4, -0.2) is 10.2 Å². The number of hydrogen-bond acceptors (Lipinski definition) is 2. The Morgan fingerprint density at radius 3 is 2.32 bits per heavy atom. The van der Waals surface area contributed by atoms with Crippen molar-refractivity contribution in [3.8, 4) is 11.3 Å². The zero-order valence-electron chi connectivity index (χ0n) is 10.0. The molecule has 0 spiro atoms. The molecule has 2 nitrogen and oxygen atoms in total. The van der Waals surface area contributed by atoms with Crippen molar-refractivity contribution in [3.63, 3.8) is 0 Å². The lowest BCUT2D eigenvalue weighted by molar-refractivity contribution is -0.137. The highest BCUT2D eigenvalue weighted by Gasteiger charge is 2.31. The number of aromatic nitrogens is 2. The van der Waals surface area contributed by atoms with E-state index < -0.39 is 11.7 Å². The summed E-state index contributed by atoms with van der Waals surface area (Å²) < 4.78 is 37.5. The van der Waals surface area contributed by atoms with E-state index >= 15 is 0 Å². The van der Waals surface area contributed by atoms with Gasteiger partial charge in [0.2, 0.25) is 0 Å². The minimum atomic E-state index is -4.40. The summed E-state index contributed by atoms with van der Waals surface area (Å²) in [5.41, 5.74) is 0.923. The number of benzene rings is 1. The van der Waals surface area contributed by atoms with E-state index in [1.165, 1.54) is 6.07 Å². The minimum absolute atomic E-state index is 0.00775. The van der Waals surface area contributed by atoms with Crippen molar-refractivity contribution in [3.05, 3.63) is 46.6 Å². The van der Waals surface area contributed by atoms with Gasteiger partial charge in [-0.1, -0.05) is 24.6 Å². The summed E-state index contributed by atoms with van der Waals surface area (Å²) in [6.45, 7) is 1.94. The zero-order valence-corrected chi connectivity index (χ0v) is 10.8. The molecular formula is C13H10ClF3N2. The lowest BCUT2D eigenvalue weighted by Gasteiger charge is -2.09. The minimum Gasteiger partial charge on any atom is -0.166 e. The maximum absolute atomic E-state index is 12.5. The highest BCUT2D eigenvalue weighted by Crippen LogP contribution is 2.34. The molecule has 0 aliphatic carbocycles. The van der Waals surface area contributed by atoms with Gasteiger partial charge < -0.3 is 0 Å². The van der Waals surface area contributed by atoms with Gasteiger partial charge in [0, 0.05) is 5.56 Å². The van der Waals surface area contributed by atoms with Crippen molar-refractivity contribution < 1.29 is 13.2 Å². The Morgan fingerprint density at radius 2 is 1.84 bits per heavy atom. The first-order valence-electron chi connectivity index (χ1n) is 5.61. The molecule has 0 amide bonds. The average Bonchev–Trinajstić information content (AvgIpc) is 2.38. The van der Waals surface area contributed by atoms with Gasteiger partial charge in [-0.05, 0) is 30.7 Å². The van der Waals surface area contributed by atoms with E-state index in [1.807, 2.05) is 6.92 Å². The summed E-state index contributed by atoms with van der Waals surface area (Å²) in [6, 6.07) is 6.65. The van der Waals surface area contributed by atoms with Crippen LogP contribution in [0.2, 0.25) is 5.02 Å². The van der Waals surface area contributed by atoms with E-state index in [-0.39, 0.29) is 5.02 Å². The van der Waals surface area contributed by atoms with Gasteiger partial charge in [-0.3, -0.25) is 0 Å². The van der Waals surface area contributed by atoms with E-state index in [2.05, 4.69) is 10.2 Å². The molecular weight excluding hydrogens is 277 g/mol. The first-order valence-corrected chi connectivity index (χ1v) is 5.99. The van der Waals surface area contributed by atoms with Gasteiger partial charge in [0.15, 0.2) is 0 Å². The van der Waals surface area contributed by atoms with Crippen molar-refractivity contribution in [2.75, 3.05) is 0 Å². The Labute approximate surface area is 113 Å². The second kappa shape index (κ2) is 5.17. The van der Waals surface area contributed by atoms with Crippen LogP contribution in [0.5, 0.6) is 0 Å². The molecule has 100 valence electrons. The maximum atomic E-state index is 12.5. The van der Waals surface area contributed by atoms with Gasteiger partial charge >= 0.3 is 6.18 Å². The zero-order chi connectivity index (χ0) is 14.0. The van der Waals surface area contributed by atoms with Crippen LogP contribution in [0.25, 0.3) is 11.3 Å². The maximum Gasteiger partial charge on any atom is 0.416 e. The van der Waals surface area contributed by atoms with Crippen LogP contribution >= 0.6 is 11.6 Å². The molecule has 2 aromatic rings. The standard InChI is InChI=1S/C13H10ClF3N2/c1-2-9-4-6-12(19-18-9)10-5-3-8(7-11(10)14)13(15,16)17/h3-7H,2H2,1H3. The predicted molar refractivity (Wildman–Crippen MR) is 66.9 cm³/mol. The lowest BCUT2D eigenvalue weighted by atomic mass is 10.1. The summed E-state index contributed by atoms with van der Waals surface area (Å²) in [5, 5.41) is 7.92. The first kappa shape index (κ1) is 13.8. The monoisotopic (exact) mass is 286 g/mol. The molecule has 0 atom stereocenters. The van der Waals surface area contributed by atoms with Crippen molar-refractivity contribution >= 4 is 11.6 Å². The quantitative estimate of drug-likeness (QED) is 0.819. The van der Waals surface area contributed by atoms with Gasteiger partial charge in [0.05, 0.1) is 22.0 Å². The fraction of sp³-hybridized carbons (Fsp3) is 0.231. The number of aryl methyl sites for hydroxylation is 1. The van der Waals surface area contributed by atoms with Crippen LogP contribution < -0.4 is 0 Å². The Balaban J connectivity index is 2.40. The highest BCUT2D eigenvalue weighted by molar-refractivity contribution is 6.33. The Hall–Kier alpha value is -1.62. The van der Waals surface area contributed by atoms with Gasteiger partial charge in [0.1, 0.15) is 0 Å². The molecule has 1 aromatic carbocycles. The van der Waals surface area contributed by atoms with Gasteiger partial charge in [0.25, 0.3) is 0 Å². The average molecular weight is 287 g/mol. The molecule has 0 aliphatic heterocycles. The first-order chi connectivity index (χ1) is 8.91. The summed E-state index contributed by atoms with van der Waals surface area (Å²) in [7, 11) is 0. The van der Waals surface area contributed by atoms with E-state index in [0.29, 0.717) is 11.3 Å². The summed E-state index contributed by atoms with van der Waals surface area (Å²) in [4.78, 5) is 0. The van der Waals surface area contributed by atoms with Crippen LogP contribution in [0.15, 0.2) is 30.3 Å². The third-order valence-electron chi connectivity index (χ3n) is 2.65. The fourth-order valence-corrected chi connectivity index (χ4v) is 1.87. The number of hydrogen-bond donors (Lipinski definition) is 0. The van der Waals surface area contributed by atoms with E-state index in [4.69, 9.17) is 11.6 Å². The topological polar surface area (TPSA) is 25.8 Å². The fourth-order valence-electron chi connectivity index (χ4n) is 1.59. The number of halogens is 4. The normalized spacial score (nSPS) is 11.6. The predicted octanol–water partition coefficient (Wildman–Crippen LogP) is 4.38.